The van der Waals surface area contributed by atoms with Gasteiger partial charge in [0.05, 0.1) is 11.2 Å². The number of fused-ring (bicyclic) bond motifs is 9. The van der Waals surface area contributed by atoms with Crippen LogP contribution in [0.3, 0.4) is 0 Å². The number of benzene rings is 7. The Hall–Kier alpha value is -7.15. The van der Waals surface area contributed by atoms with E-state index in [4.69, 9.17) is 19.4 Å². The van der Waals surface area contributed by atoms with E-state index in [0.29, 0.717) is 17.5 Å². The summed E-state index contributed by atoms with van der Waals surface area (Å²) < 4.78 is 12.3. The molecule has 4 heterocycles. The maximum absolute atomic E-state index is 7.25. The zero-order chi connectivity index (χ0) is 37.5. The molecule has 6 heteroatoms. The van der Waals surface area contributed by atoms with Crippen LogP contribution in [-0.2, 0) is 6.42 Å². The fourth-order valence-electron chi connectivity index (χ4n) is 8.74. The molecule has 0 N–H and O–H groups in total. The highest BCUT2D eigenvalue weighted by atomic mass is 32.1. The van der Waals surface area contributed by atoms with Crippen molar-refractivity contribution in [2.45, 2.75) is 12.8 Å². The third-order valence-electron chi connectivity index (χ3n) is 11.3. The maximum atomic E-state index is 7.25. The molecule has 57 heavy (non-hydrogen) atoms. The van der Waals surface area contributed by atoms with Crippen molar-refractivity contribution in [3.63, 3.8) is 0 Å². The highest BCUT2D eigenvalue weighted by Gasteiger charge is 2.26. The van der Waals surface area contributed by atoms with Crippen molar-refractivity contribution < 1.29 is 4.42 Å². The zero-order valence-electron chi connectivity index (χ0n) is 30.7. The molecule has 5 nitrogen and oxygen atoms in total. The Balaban J connectivity index is 1.16. The highest BCUT2D eigenvalue weighted by Crippen LogP contribution is 2.46. The van der Waals surface area contributed by atoms with Crippen LogP contribution in [0.5, 0.6) is 0 Å². The first-order valence-electron chi connectivity index (χ1n) is 19.3. The van der Waals surface area contributed by atoms with E-state index < -0.39 is 0 Å². The smallest absolute Gasteiger partial charge is 0.164 e. The van der Waals surface area contributed by atoms with Crippen molar-refractivity contribution >= 4 is 70.4 Å². The normalized spacial score (nSPS) is 12.7. The van der Waals surface area contributed by atoms with Gasteiger partial charge in [-0.3, -0.25) is 0 Å². The first-order chi connectivity index (χ1) is 28.3. The van der Waals surface area contributed by atoms with Gasteiger partial charge in [-0.1, -0.05) is 133 Å². The predicted octanol–water partition coefficient (Wildman–Crippen LogP) is 13.7. The van der Waals surface area contributed by atoms with Gasteiger partial charge < -0.3 is 8.98 Å². The van der Waals surface area contributed by atoms with E-state index in [1.807, 2.05) is 72.0 Å². The maximum Gasteiger partial charge on any atom is 0.164 e. The SMILES string of the molecule is C1=Cc2c(n(-c3cccc4c3oc3c(-c5ccccc5)ccc(-c5nc(-c6ccccc6)nc(-c6ccccc6)n5)c34)c3cc4sc5ccccc5c4cc23)CC1. The van der Waals surface area contributed by atoms with Crippen LogP contribution in [0.4, 0.5) is 0 Å². The topological polar surface area (TPSA) is 56.7 Å². The van der Waals surface area contributed by atoms with Crippen LogP contribution in [0.15, 0.2) is 168 Å². The molecule has 0 bridgehead atoms. The molecule has 0 spiro atoms. The van der Waals surface area contributed by atoms with Crippen LogP contribution in [0.2, 0.25) is 0 Å². The van der Waals surface area contributed by atoms with Gasteiger partial charge in [-0.05, 0) is 54.8 Å². The van der Waals surface area contributed by atoms with Crippen LogP contribution in [0.25, 0.3) is 110 Å². The van der Waals surface area contributed by atoms with E-state index >= 15 is 0 Å². The second kappa shape index (κ2) is 12.7. The van der Waals surface area contributed by atoms with E-state index in [0.717, 1.165) is 68.3 Å². The molecule has 0 fully saturated rings. The van der Waals surface area contributed by atoms with E-state index in [-0.39, 0.29) is 0 Å². The number of aromatic nitrogens is 4. The summed E-state index contributed by atoms with van der Waals surface area (Å²) in [5.41, 5.74) is 11.3. The summed E-state index contributed by atoms with van der Waals surface area (Å²) >= 11 is 1.86. The van der Waals surface area contributed by atoms with Crippen molar-refractivity contribution in [3.05, 3.63) is 175 Å². The number of thiophene rings is 1. The summed E-state index contributed by atoms with van der Waals surface area (Å²) in [6.45, 7) is 0. The van der Waals surface area contributed by atoms with Crippen molar-refractivity contribution in [1.82, 2.24) is 19.5 Å². The van der Waals surface area contributed by atoms with Gasteiger partial charge in [0.25, 0.3) is 0 Å². The van der Waals surface area contributed by atoms with Gasteiger partial charge in [-0.25, -0.2) is 15.0 Å². The quantitative estimate of drug-likeness (QED) is 0.176. The van der Waals surface area contributed by atoms with E-state index in [1.165, 1.54) is 42.3 Å². The second-order valence-electron chi connectivity index (χ2n) is 14.6. The van der Waals surface area contributed by atoms with Gasteiger partial charge >= 0.3 is 0 Å². The number of para-hydroxylation sites is 1. The Morgan fingerprint density at radius 1 is 0.509 bits per heavy atom. The van der Waals surface area contributed by atoms with Gasteiger partial charge in [0.1, 0.15) is 5.58 Å². The van der Waals surface area contributed by atoms with E-state index in [2.05, 4.69) is 114 Å². The molecule has 0 radical (unpaired) electrons. The monoisotopic (exact) mass is 748 g/mol. The molecular weight excluding hydrogens is 717 g/mol. The number of hydrogen-bond acceptors (Lipinski definition) is 5. The Morgan fingerprint density at radius 3 is 1.91 bits per heavy atom. The van der Waals surface area contributed by atoms with Crippen LogP contribution in [-0.4, -0.2) is 19.5 Å². The summed E-state index contributed by atoms with van der Waals surface area (Å²) in [6, 6.07) is 55.2. The third kappa shape index (κ3) is 5.04. The van der Waals surface area contributed by atoms with Gasteiger partial charge in [-0.15, -0.1) is 11.3 Å². The van der Waals surface area contributed by atoms with Crippen LogP contribution < -0.4 is 0 Å². The molecule has 0 saturated carbocycles. The fourth-order valence-corrected chi connectivity index (χ4v) is 9.86. The standard InChI is InChI=1S/C51H32N4OS/c1-4-15-31(16-5-1)34-27-28-38(51-53-49(32-17-6-2-7-18-32)52-50(54-51)33-19-8-3-9-20-33)46-37-23-14-25-42(47(37)56-48(34)46)55-41-24-12-10-21-35(41)39-29-40-36-22-11-13-26-44(36)57-45(40)30-43(39)55/h1-11,13-23,25-30H,12,24H2. The molecule has 1 aliphatic rings. The molecular formula is C51H32N4OS. The van der Waals surface area contributed by atoms with Gasteiger partial charge in [0.2, 0.25) is 0 Å². The molecule has 1 aliphatic carbocycles. The predicted molar refractivity (Wildman–Crippen MR) is 236 cm³/mol. The Labute approximate surface area is 331 Å². The number of nitrogens with zero attached hydrogens (tertiary/aromatic N) is 4. The first kappa shape index (κ1) is 32.1. The molecule has 268 valence electrons. The molecule has 11 aromatic rings. The molecule has 0 atom stereocenters. The summed E-state index contributed by atoms with van der Waals surface area (Å²) in [4.78, 5) is 15.4. The van der Waals surface area contributed by atoms with Crippen molar-refractivity contribution in [2.24, 2.45) is 0 Å². The molecule has 7 aromatic carbocycles. The summed E-state index contributed by atoms with van der Waals surface area (Å²) in [5, 5.41) is 5.88. The largest absolute Gasteiger partial charge is 0.453 e. The number of furan rings is 1. The lowest BCUT2D eigenvalue weighted by Gasteiger charge is -2.13. The Kier molecular flexibility index (Phi) is 7.16. The minimum atomic E-state index is 0.599. The van der Waals surface area contributed by atoms with Crippen molar-refractivity contribution in [3.8, 4) is 51.0 Å². The molecule has 12 rings (SSSR count). The minimum absolute atomic E-state index is 0.599. The summed E-state index contributed by atoms with van der Waals surface area (Å²) in [7, 11) is 0. The average molecular weight is 749 g/mol. The van der Waals surface area contributed by atoms with Crippen molar-refractivity contribution in [2.75, 3.05) is 0 Å². The minimum Gasteiger partial charge on any atom is -0.453 e. The Bertz CT molecular complexity index is 3340. The molecule has 0 saturated heterocycles. The average Bonchev–Trinajstić information content (AvgIpc) is 3.96. The van der Waals surface area contributed by atoms with E-state index in [1.54, 1.807) is 0 Å². The van der Waals surface area contributed by atoms with Gasteiger partial charge in [-0.2, -0.15) is 0 Å². The summed E-state index contributed by atoms with van der Waals surface area (Å²) in [5.74, 6) is 1.85. The lowest BCUT2D eigenvalue weighted by Crippen LogP contribution is -2.03. The second-order valence-corrected chi connectivity index (χ2v) is 15.7. The fraction of sp³-hybridized carbons (Fsp3) is 0.0392. The van der Waals surface area contributed by atoms with Crippen molar-refractivity contribution in [1.29, 1.82) is 0 Å². The van der Waals surface area contributed by atoms with Crippen LogP contribution >= 0.6 is 11.3 Å². The van der Waals surface area contributed by atoms with Gasteiger partial charge in [0.15, 0.2) is 23.1 Å². The number of hydrogen-bond donors (Lipinski definition) is 0. The highest BCUT2D eigenvalue weighted by molar-refractivity contribution is 7.25. The number of allylic oxidation sites excluding steroid dienone is 1. The molecule has 0 aliphatic heterocycles. The van der Waals surface area contributed by atoms with Gasteiger partial charge in [0, 0.05) is 69.8 Å². The molecule has 0 amide bonds. The Morgan fingerprint density at radius 2 is 1.16 bits per heavy atom. The zero-order valence-corrected chi connectivity index (χ0v) is 31.5. The van der Waals surface area contributed by atoms with E-state index in [9.17, 15) is 0 Å². The third-order valence-corrected chi connectivity index (χ3v) is 12.5. The molecule has 4 aromatic heterocycles. The number of rotatable bonds is 5. The van der Waals surface area contributed by atoms with Crippen LogP contribution in [0.1, 0.15) is 17.7 Å². The lowest BCUT2D eigenvalue weighted by molar-refractivity contribution is 0.666. The lowest BCUT2D eigenvalue weighted by atomic mass is 9.98. The van der Waals surface area contributed by atoms with Crippen LogP contribution in [0, 0.1) is 0 Å². The molecule has 0 unspecified atom stereocenters. The summed E-state index contributed by atoms with van der Waals surface area (Å²) in [6.07, 6.45) is 6.57. The first-order valence-corrected chi connectivity index (χ1v) is 20.1.